The van der Waals surface area contributed by atoms with Crippen molar-refractivity contribution in [2.45, 2.75) is 52.2 Å². The van der Waals surface area contributed by atoms with E-state index in [-0.39, 0.29) is 40.6 Å². The molecule has 0 aliphatic rings. The minimum Gasteiger partial charge on any atom is -0.352 e. The summed E-state index contributed by atoms with van der Waals surface area (Å²) in [5.74, 6) is -0.867. The van der Waals surface area contributed by atoms with Gasteiger partial charge in [-0.1, -0.05) is 96.4 Å². The first-order chi connectivity index (χ1) is 18.9. The third-order valence-corrected chi connectivity index (χ3v) is 8.52. The summed E-state index contributed by atoms with van der Waals surface area (Å²) < 4.78 is 26.7. The Morgan fingerprint density at radius 1 is 0.950 bits per heavy atom. The Hall–Kier alpha value is -3.07. The molecule has 2 atom stereocenters. The van der Waals surface area contributed by atoms with E-state index < -0.39 is 28.5 Å². The van der Waals surface area contributed by atoms with Gasteiger partial charge in [0, 0.05) is 19.0 Å². The van der Waals surface area contributed by atoms with Crippen molar-refractivity contribution in [1.29, 1.82) is 0 Å². The van der Waals surface area contributed by atoms with Crippen molar-refractivity contribution in [3.8, 4) is 0 Å². The van der Waals surface area contributed by atoms with Gasteiger partial charge in [-0.05, 0) is 43.5 Å². The molecule has 7 nitrogen and oxygen atoms in total. The largest absolute Gasteiger partial charge is 0.352 e. The number of hydrogen-bond donors (Lipinski definition) is 1. The van der Waals surface area contributed by atoms with Crippen LogP contribution in [0.2, 0.25) is 10.0 Å². The second kappa shape index (κ2) is 14.0. The molecule has 0 saturated carbocycles. The maximum atomic E-state index is 14.1. The summed E-state index contributed by atoms with van der Waals surface area (Å²) in [6, 6.07) is 20.6. The first kappa shape index (κ1) is 31.5. The minimum atomic E-state index is -3.95. The zero-order chi connectivity index (χ0) is 29.4. The van der Waals surface area contributed by atoms with Gasteiger partial charge >= 0.3 is 0 Å². The van der Waals surface area contributed by atoms with Crippen molar-refractivity contribution in [1.82, 2.24) is 10.2 Å². The molecule has 0 unspecified atom stereocenters. The van der Waals surface area contributed by atoms with E-state index in [1.54, 1.807) is 6.07 Å². The fraction of sp³-hybridized carbons (Fsp3) is 0.333. The van der Waals surface area contributed by atoms with E-state index in [1.807, 2.05) is 75.4 Å². The lowest BCUT2D eigenvalue weighted by molar-refractivity contribution is -0.140. The maximum absolute atomic E-state index is 14.1. The Kier molecular flexibility index (Phi) is 11.0. The molecular formula is C30H35Cl2N3O4S. The number of hydrogen-bond acceptors (Lipinski definition) is 4. The number of anilines is 1. The molecule has 10 heteroatoms. The fourth-order valence-electron chi connectivity index (χ4n) is 4.28. The van der Waals surface area contributed by atoms with Crippen molar-refractivity contribution < 1.29 is 18.0 Å². The molecule has 0 aromatic heterocycles. The molecule has 3 aromatic carbocycles. The van der Waals surface area contributed by atoms with Crippen LogP contribution in [0, 0.1) is 6.92 Å². The number of rotatable bonds is 12. The highest BCUT2D eigenvalue weighted by Crippen LogP contribution is 2.34. The van der Waals surface area contributed by atoms with Gasteiger partial charge in [0.05, 0.1) is 22.0 Å². The molecule has 0 saturated heterocycles. The van der Waals surface area contributed by atoms with Gasteiger partial charge in [0.2, 0.25) is 21.8 Å². The average molecular weight is 605 g/mol. The molecule has 3 rings (SSSR count). The molecule has 1 N–H and O–H groups in total. The van der Waals surface area contributed by atoms with Gasteiger partial charge in [0.25, 0.3) is 0 Å². The Balaban J connectivity index is 2.09. The smallest absolute Gasteiger partial charge is 0.244 e. The summed E-state index contributed by atoms with van der Waals surface area (Å²) in [5, 5.41) is 3.19. The van der Waals surface area contributed by atoms with Gasteiger partial charge in [0.1, 0.15) is 12.6 Å². The Bertz CT molecular complexity index is 1430. The van der Waals surface area contributed by atoms with Gasteiger partial charge in [-0.25, -0.2) is 8.42 Å². The zero-order valence-electron chi connectivity index (χ0n) is 23.1. The minimum absolute atomic E-state index is 0.0166. The van der Waals surface area contributed by atoms with Crippen LogP contribution >= 0.6 is 23.2 Å². The summed E-state index contributed by atoms with van der Waals surface area (Å²) in [5.41, 5.74) is 2.77. The average Bonchev–Trinajstić information content (AvgIpc) is 2.90. The third kappa shape index (κ3) is 8.46. The number of benzene rings is 3. The van der Waals surface area contributed by atoms with Crippen LogP contribution in [0.4, 0.5) is 5.69 Å². The van der Waals surface area contributed by atoms with Crippen LogP contribution in [0.5, 0.6) is 0 Å². The molecule has 0 bridgehead atoms. The van der Waals surface area contributed by atoms with Crippen LogP contribution in [-0.2, 0) is 32.6 Å². The molecule has 0 aliphatic heterocycles. The van der Waals surface area contributed by atoms with Gasteiger partial charge < -0.3 is 10.2 Å². The first-order valence-electron chi connectivity index (χ1n) is 13.0. The highest BCUT2D eigenvalue weighted by molar-refractivity contribution is 7.92. The van der Waals surface area contributed by atoms with E-state index in [0.717, 1.165) is 27.3 Å². The lowest BCUT2D eigenvalue weighted by atomic mass is 10.0. The normalized spacial score (nSPS) is 12.8. The van der Waals surface area contributed by atoms with Crippen LogP contribution < -0.4 is 9.62 Å². The second-order valence-electron chi connectivity index (χ2n) is 9.88. The van der Waals surface area contributed by atoms with E-state index in [0.29, 0.717) is 6.42 Å². The number of sulfonamides is 1. The van der Waals surface area contributed by atoms with Crippen molar-refractivity contribution in [2.24, 2.45) is 0 Å². The number of aryl methyl sites for hydroxylation is 1. The molecule has 0 fully saturated rings. The fourth-order valence-corrected chi connectivity index (χ4v) is 5.58. The van der Waals surface area contributed by atoms with Crippen molar-refractivity contribution >= 4 is 50.7 Å². The predicted octanol–water partition coefficient (Wildman–Crippen LogP) is 5.62. The molecule has 0 radical (unpaired) electrons. The van der Waals surface area contributed by atoms with Crippen molar-refractivity contribution in [2.75, 3.05) is 17.1 Å². The highest BCUT2D eigenvalue weighted by atomic mass is 35.5. The van der Waals surface area contributed by atoms with E-state index in [9.17, 15) is 18.0 Å². The topological polar surface area (TPSA) is 86.8 Å². The Labute approximate surface area is 247 Å². The number of amides is 2. The number of nitrogens with zero attached hydrogens (tertiary/aromatic N) is 2. The van der Waals surface area contributed by atoms with Crippen molar-refractivity contribution in [3.63, 3.8) is 0 Å². The number of halogens is 2. The van der Waals surface area contributed by atoms with E-state index in [4.69, 9.17) is 23.2 Å². The van der Waals surface area contributed by atoms with Gasteiger partial charge in [0.15, 0.2) is 0 Å². The van der Waals surface area contributed by atoms with Gasteiger partial charge in [-0.3, -0.25) is 13.9 Å². The van der Waals surface area contributed by atoms with Crippen LogP contribution in [0.1, 0.15) is 37.0 Å². The number of carbonyl (C=O) groups is 2. The number of nitrogens with one attached hydrogen (secondary N) is 1. The summed E-state index contributed by atoms with van der Waals surface area (Å²) in [4.78, 5) is 29.3. The summed E-state index contributed by atoms with van der Waals surface area (Å²) in [6.07, 6.45) is 1.96. The molecule has 0 aliphatic carbocycles. The first-order valence-corrected chi connectivity index (χ1v) is 15.6. The van der Waals surface area contributed by atoms with E-state index in [2.05, 4.69) is 5.32 Å². The van der Waals surface area contributed by atoms with Crippen molar-refractivity contribution in [3.05, 3.63) is 99.5 Å². The summed E-state index contributed by atoms with van der Waals surface area (Å²) >= 11 is 12.5. The Morgan fingerprint density at radius 3 is 2.23 bits per heavy atom. The molecule has 214 valence electrons. The van der Waals surface area contributed by atoms with E-state index >= 15 is 0 Å². The molecule has 3 aromatic rings. The van der Waals surface area contributed by atoms with Crippen LogP contribution in [0.15, 0.2) is 72.8 Å². The van der Waals surface area contributed by atoms with Crippen LogP contribution in [-0.4, -0.2) is 50.0 Å². The lowest BCUT2D eigenvalue weighted by Crippen LogP contribution is -2.54. The van der Waals surface area contributed by atoms with Crippen LogP contribution in [0.3, 0.4) is 0 Å². The molecule has 2 amide bonds. The summed E-state index contributed by atoms with van der Waals surface area (Å²) in [7, 11) is -3.95. The number of carbonyl (C=O) groups excluding carboxylic acids is 2. The lowest BCUT2D eigenvalue weighted by Gasteiger charge is -2.34. The molecule has 40 heavy (non-hydrogen) atoms. The molecular weight excluding hydrogens is 569 g/mol. The third-order valence-electron chi connectivity index (χ3n) is 6.59. The van der Waals surface area contributed by atoms with Gasteiger partial charge in [-0.2, -0.15) is 0 Å². The quantitative estimate of drug-likeness (QED) is 0.291. The van der Waals surface area contributed by atoms with Crippen LogP contribution in [0.25, 0.3) is 0 Å². The molecule has 0 heterocycles. The Morgan fingerprint density at radius 2 is 1.60 bits per heavy atom. The maximum Gasteiger partial charge on any atom is 0.244 e. The second-order valence-corrected chi connectivity index (χ2v) is 12.6. The highest BCUT2D eigenvalue weighted by Gasteiger charge is 2.34. The predicted molar refractivity (Wildman–Crippen MR) is 162 cm³/mol. The zero-order valence-corrected chi connectivity index (χ0v) is 25.4. The van der Waals surface area contributed by atoms with Gasteiger partial charge in [-0.15, -0.1) is 0 Å². The SMILES string of the molecule is CC[C@H](C)NC(=O)[C@H](Cc1ccccc1)N(Cc1cccc(C)c1)C(=O)CN(c1cccc(Cl)c1Cl)S(C)(=O)=O. The summed E-state index contributed by atoms with van der Waals surface area (Å²) in [6.45, 7) is 5.35. The monoisotopic (exact) mass is 603 g/mol. The molecule has 0 spiro atoms. The standard InChI is InChI=1S/C30H35Cl2N3O4S/c1-5-22(3)33-30(37)27(18-23-12-7-6-8-13-23)34(19-24-14-9-11-21(2)17-24)28(36)20-35(40(4,38)39)26-16-10-15-25(31)29(26)32/h6-17,22,27H,5,18-20H2,1-4H3,(H,33,37)/t22-,27-/m0/s1. The van der Waals surface area contributed by atoms with E-state index in [1.165, 1.54) is 17.0 Å².